The Morgan fingerprint density at radius 3 is 2.84 bits per heavy atom. The first-order chi connectivity index (χ1) is 8.87. The molecule has 2 rings (SSSR count). The molecule has 0 aromatic carbocycles. The number of nitrogens with zero attached hydrogens (tertiary/aromatic N) is 2. The molecule has 0 bridgehead atoms. The second-order valence-electron chi connectivity index (χ2n) is 6.06. The van der Waals surface area contributed by atoms with Gasteiger partial charge in [-0.05, 0) is 58.2 Å². The fourth-order valence-corrected chi connectivity index (χ4v) is 2.43. The van der Waals surface area contributed by atoms with Gasteiger partial charge < -0.3 is 9.64 Å². The van der Waals surface area contributed by atoms with Crippen LogP contribution in [0.5, 0.6) is 0 Å². The second kappa shape index (κ2) is 5.19. The van der Waals surface area contributed by atoms with Crippen LogP contribution < -0.4 is 0 Å². The lowest BCUT2D eigenvalue weighted by molar-refractivity contribution is 0.0224. The first-order valence-electron chi connectivity index (χ1n) is 6.79. The zero-order chi connectivity index (χ0) is 14.0. The van der Waals surface area contributed by atoms with E-state index in [2.05, 4.69) is 4.98 Å². The summed E-state index contributed by atoms with van der Waals surface area (Å²) in [6.45, 7) is 8.42. The number of ether oxygens (including phenoxy) is 1. The molecule has 104 valence electrons. The van der Waals surface area contributed by atoms with Crippen LogP contribution in [-0.4, -0.2) is 28.1 Å². The van der Waals surface area contributed by atoms with Gasteiger partial charge in [0.05, 0.1) is 6.04 Å². The van der Waals surface area contributed by atoms with Gasteiger partial charge in [-0.2, -0.15) is 0 Å². The van der Waals surface area contributed by atoms with Gasteiger partial charge in [-0.25, -0.2) is 4.79 Å². The molecule has 1 fully saturated rings. The maximum Gasteiger partial charge on any atom is 0.410 e. The molecule has 0 unspecified atom stereocenters. The number of amides is 1. The lowest BCUT2D eigenvalue weighted by Gasteiger charge is -2.28. The predicted molar refractivity (Wildman–Crippen MR) is 73.9 cm³/mol. The number of likely N-dealkylation sites (tertiary alicyclic amines) is 1. The summed E-state index contributed by atoms with van der Waals surface area (Å²) in [5.41, 5.74) is 1.68. The zero-order valence-electron chi connectivity index (χ0n) is 12.1. The molecule has 0 saturated carbocycles. The number of carbonyl (C=O) groups is 1. The Balaban J connectivity index is 2.15. The van der Waals surface area contributed by atoms with Crippen molar-refractivity contribution in [2.24, 2.45) is 0 Å². The molecule has 1 aliphatic rings. The van der Waals surface area contributed by atoms with Crippen molar-refractivity contribution in [3.05, 3.63) is 29.6 Å². The molecule has 0 aliphatic carbocycles. The van der Waals surface area contributed by atoms with Crippen LogP contribution in [0.1, 0.15) is 50.9 Å². The number of rotatable bonds is 1. The predicted octanol–water partition coefficient (Wildman–Crippen LogP) is 3.46. The average molecular weight is 262 g/mol. The summed E-state index contributed by atoms with van der Waals surface area (Å²) in [7, 11) is 0. The molecule has 19 heavy (non-hydrogen) atoms. The molecular weight excluding hydrogens is 240 g/mol. The summed E-state index contributed by atoms with van der Waals surface area (Å²) in [5, 5.41) is 0. The van der Waals surface area contributed by atoms with Gasteiger partial charge in [-0.15, -0.1) is 0 Å². The van der Waals surface area contributed by atoms with Gasteiger partial charge in [0.25, 0.3) is 0 Å². The quantitative estimate of drug-likeness (QED) is 0.778. The Bertz CT molecular complexity index is 465. The molecule has 0 N–H and O–H groups in total. The van der Waals surface area contributed by atoms with Crippen LogP contribution in [-0.2, 0) is 4.74 Å². The molecule has 2 heterocycles. The number of pyridine rings is 1. The summed E-state index contributed by atoms with van der Waals surface area (Å²) < 4.78 is 5.47. The third kappa shape index (κ3) is 3.46. The van der Waals surface area contributed by atoms with Crippen molar-refractivity contribution in [3.63, 3.8) is 0 Å². The van der Waals surface area contributed by atoms with Crippen molar-refractivity contribution in [1.29, 1.82) is 0 Å². The van der Waals surface area contributed by atoms with Gasteiger partial charge in [0.1, 0.15) is 5.60 Å². The highest BCUT2D eigenvalue weighted by atomic mass is 16.6. The summed E-state index contributed by atoms with van der Waals surface area (Å²) >= 11 is 0. The largest absolute Gasteiger partial charge is 0.444 e. The SMILES string of the molecule is Cc1cc([C@@H]2CCCN2C(=O)OC(C)(C)C)ccn1. The first kappa shape index (κ1) is 13.8. The topological polar surface area (TPSA) is 42.4 Å². The van der Waals surface area contributed by atoms with Crippen molar-refractivity contribution < 1.29 is 9.53 Å². The summed E-state index contributed by atoms with van der Waals surface area (Å²) in [4.78, 5) is 18.3. The van der Waals surface area contributed by atoms with Crippen molar-refractivity contribution >= 4 is 6.09 Å². The molecule has 4 heteroatoms. The molecule has 1 amide bonds. The van der Waals surface area contributed by atoms with E-state index in [1.54, 1.807) is 6.20 Å². The van der Waals surface area contributed by atoms with Crippen LogP contribution in [0, 0.1) is 6.92 Å². The number of hydrogen-bond acceptors (Lipinski definition) is 3. The lowest BCUT2D eigenvalue weighted by Crippen LogP contribution is -2.36. The number of carbonyl (C=O) groups excluding carboxylic acids is 1. The van der Waals surface area contributed by atoms with Gasteiger partial charge in [-0.1, -0.05) is 0 Å². The van der Waals surface area contributed by atoms with Crippen molar-refractivity contribution in [2.75, 3.05) is 6.54 Å². The Morgan fingerprint density at radius 2 is 2.21 bits per heavy atom. The normalized spacial score (nSPS) is 19.6. The zero-order valence-corrected chi connectivity index (χ0v) is 12.1. The van der Waals surface area contributed by atoms with Gasteiger partial charge in [0, 0.05) is 18.4 Å². The molecule has 1 aliphatic heterocycles. The molecule has 1 atom stereocenters. The van der Waals surface area contributed by atoms with Crippen LogP contribution in [0.2, 0.25) is 0 Å². The number of aromatic nitrogens is 1. The van der Waals surface area contributed by atoms with E-state index in [0.29, 0.717) is 0 Å². The molecule has 1 aromatic rings. The molecule has 1 aromatic heterocycles. The molecule has 0 radical (unpaired) electrons. The molecule has 1 saturated heterocycles. The van der Waals surface area contributed by atoms with Gasteiger partial charge in [-0.3, -0.25) is 4.98 Å². The van der Waals surface area contributed by atoms with Gasteiger partial charge in [0.2, 0.25) is 0 Å². The minimum absolute atomic E-state index is 0.122. The van der Waals surface area contributed by atoms with E-state index in [1.807, 2.05) is 44.7 Å². The van der Waals surface area contributed by atoms with Crippen LogP contribution in [0.15, 0.2) is 18.3 Å². The van der Waals surface area contributed by atoms with E-state index < -0.39 is 5.60 Å². The van der Waals surface area contributed by atoms with Gasteiger partial charge >= 0.3 is 6.09 Å². The minimum atomic E-state index is -0.446. The van der Waals surface area contributed by atoms with Crippen molar-refractivity contribution in [1.82, 2.24) is 9.88 Å². The van der Waals surface area contributed by atoms with E-state index in [4.69, 9.17) is 4.74 Å². The Hall–Kier alpha value is -1.58. The van der Waals surface area contributed by atoms with Crippen molar-refractivity contribution in [2.45, 2.75) is 52.2 Å². The van der Waals surface area contributed by atoms with Crippen LogP contribution in [0.25, 0.3) is 0 Å². The van der Waals surface area contributed by atoms with E-state index >= 15 is 0 Å². The highest BCUT2D eigenvalue weighted by molar-refractivity contribution is 5.69. The van der Waals surface area contributed by atoms with Crippen molar-refractivity contribution in [3.8, 4) is 0 Å². The number of hydrogen-bond donors (Lipinski definition) is 0. The molecule has 0 spiro atoms. The average Bonchev–Trinajstić information content (AvgIpc) is 2.75. The minimum Gasteiger partial charge on any atom is -0.444 e. The maximum atomic E-state index is 12.2. The van der Waals surface area contributed by atoms with E-state index in [0.717, 1.165) is 30.6 Å². The maximum absolute atomic E-state index is 12.2. The Kier molecular flexibility index (Phi) is 3.78. The van der Waals surface area contributed by atoms with Crippen LogP contribution >= 0.6 is 0 Å². The highest BCUT2D eigenvalue weighted by Gasteiger charge is 2.33. The molecule has 4 nitrogen and oxygen atoms in total. The van der Waals surface area contributed by atoms with Crippen LogP contribution in [0.4, 0.5) is 4.79 Å². The monoisotopic (exact) mass is 262 g/mol. The fourth-order valence-electron chi connectivity index (χ4n) is 2.43. The Morgan fingerprint density at radius 1 is 1.47 bits per heavy atom. The van der Waals surface area contributed by atoms with E-state index in [9.17, 15) is 4.79 Å². The van der Waals surface area contributed by atoms with Gasteiger partial charge in [0.15, 0.2) is 0 Å². The standard InChI is InChI=1S/C15H22N2O2/c1-11-10-12(7-8-16-11)13-6-5-9-17(13)14(18)19-15(2,3)4/h7-8,10,13H,5-6,9H2,1-4H3/t13-/m0/s1. The fraction of sp³-hybridized carbons (Fsp3) is 0.600. The first-order valence-corrected chi connectivity index (χ1v) is 6.79. The van der Waals surface area contributed by atoms with Crippen LogP contribution in [0.3, 0.4) is 0 Å². The summed E-state index contributed by atoms with van der Waals surface area (Å²) in [6, 6.07) is 4.16. The lowest BCUT2D eigenvalue weighted by atomic mass is 10.1. The third-order valence-corrected chi connectivity index (χ3v) is 3.19. The summed E-state index contributed by atoms with van der Waals surface area (Å²) in [6.07, 6.45) is 3.59. The molecular formula is C15H22N2O2. The third-order valence-electron chi connectivity index (χ3n) is 3.19. The van der Waals surface area contributed by atoms with E-state index in [-0.39, 0.29) is 12.1 Å². The van der Waals surface area contributed by atoms with E-state index in [1.165, 1.54) is 0 Å². The smallest absolute Gasteiger partial charge is 0.410 e. The number of aryl methyl sites for hydroxylation is 1. The second-order valence-corrected chi connectivity index (χ2v) is 6.06. The highest BCUT2D eigenvalue weighted by Crippen LogP contribution is 2.33. The Labute approximate surface area is 114 Å². The summed E-state index contributed by atoms with van der Waals surface area (Å²) in [5.74, 6) is 0.